The standard InChI is InChI=1S/2C13H12N2O3/c2*1-15-8-9(6-7-12(15)16)10-4-3-5-11(14-10)13(17)18-2/h2*3-8H,1-2H3. The molecule has 4 heterocycles. The molecule has 0 aromatic carbocycles. The molecule has 0 aliphatic heterocycles. The number of hydrogen-bond acceptors (Lipinski definition) is 8. The van der Waals surface area contributed by atoms with Gasteiger partial charge in [0.1, 0.15) is 11.4 Å². The average Bonchev–Trinajstić information content (AvgIpc) is 2.91. The van der Waals surface area contributed by atoms with Gasteiger partial charge in [0.15, 0.2) is 0 Å². The summed E-state index contributed by atoms with van der Waals surface area (Å²) >= 11 is 0. The Balaban J connectivity index is 0.000000201. The van der Waals surface area contributed by atoms with Gasteiger partial charge in [-0.3, -0.25) is 9.59 Å². The van der Waals surface area contributed by atoms with Gasteiger partial charge < -0.3 is 18.6 Å². The molecule has 10 nitrogen and oxygen atoms in total. The number of pyridine rings is 4. The Kier molecular flexibility index (Phi) is 8.24. The lowest BCUT2D eigenvalue weighted by Gasteiger charge is -2.04. The molecule has 0 aliphatic rings. The van der Waals surface area contributed by atoms with Gasteiger partial charge >= 0.3 is 11.9 Å². The van der Waals surface area contributed by atoms with Crippen LogP contribution in [0.5, 0.6) is 0 Å². The van der Waals surface area contributed by atoms with Gasteiger partial charge in [0.25, 0.3) is 0 Å². The molecule has 0 saturated heterocycles. The second kappa shape index (κ2) is 11.5. The van der Waals surface area contributed by atoms with Gasteiger partial charge in [0.05, 0.1) is 25.6 Å². The highest BCUT2D eigenvalue weighted by molar-refractivity contribution is 5.88. The van der Waals surface area contributed by atoms with Gasteiger partial charge in [-0.25, -0.2) is 19.6 Å². The van der Waals surface area contributed by atoms with Crippen molar-refractivity contribution in [2.24, 2.45) is 14.1 Å². The second-order valence-electron chi connectivity index (χ2n) is 7.53. The fourth-order valence-corrected chi connectivity index (χ4v) is 3.12. The zero-order chi connectivity index (χ0) is 26.2. The van der Waals surface area contributed by atoms with Crippen molar-refractivity contribution >= 4 is 11.9 Å². The van der Waals surface area contributed by atoms with Crippen LogP contribution in [0.2, 0.25) is 0 Å². The molecule has 0 unspecified atom stereocenters. The van der Waals surface area contributed by atoms with Crippen molar-refractivity contribution in [1.29, 1.82) is 0 Å². The predicted molar refractivity (Wildman–Crippen MR) is 133 cm³/mol. The molecular weight excluding hydrogens is 464 g/mol. The average molecular weight is 489 g/mol. The van der Waals surface area contributed by atoms with E-state index in [1.54, 1.807) is 75.0 Å². The molecule has 4 aromatic heterocycles. The van der Waals surface area contributed by atoms with E-state index in [-0.39, 0.29) is 22.5 Å². The van der Waals surface area contributed by atoms with Crippen molar-refractivity contribution in [2.45, 2.75) is 0 Å². The van der Waals surface area contributed by atoms with Crippen molar-refractivity contribution in [1.82, 2.24) is 19.1 Å². The van der Waals surface area contributed by atoms with Gasteiger partial charge in [-0.2, -0.15) is 0 Å². The van der Waals surface area contributed by atoms with E-state index in [1.807, 2.05) is 0 Å². The number of ether oxygens (including phenoxy) is 2. The van der Waals surface area contributed by atoms with Crippen LogP contribution in [0.3, 0.4) is 0 Å². The maximum atomic E-state index is 11.4. The first-order valence-electron chi connectivity index (χ1n) is 10.7. The molecule has 0 bridgehead atoms. The molecule has 0 N–H and O–H groups in total. The number of rotatable bonds is 4. The topological polar surface area (TPSA) is 122 Å². The molecule has 0 radical (unpaired) electrons. The third-order valence-electron chi connectivity index (χ3n) is 5.05. The van der Waals surface area contributed by atoms with Gasteiger partial charge in [-0.1, -0.05) is 12.1 Å². The second-order valence-corrected chi connectivity index (χ2v) is 7.53. The highest BCUT2D eigenvalue weighted by Gasteiger charge is 2.10. The molecule has 0 saturated carbocycles. The van der Waals surface area contributed by atoms with Crippen molar-refractivity contribution in [3.63, 3.8) is 0 Å². The van der Waals surface area contributed by atoms with Gasteiger partial charge in [-0.15, -0.1) is 0 Å². The Morgan fingerprint density at radius 1 is 0.639 bits per heavy atom. The smallest absolute Gasteiger partial charge is 0.356 e. The normalized spacial score (nSPS) is 10.1. The fraction of sp³-hybridized carbons (Fsp3) is 0.154. The van der Waals surface area contributed by atoms with Crippen LogP contribution in [0.15, 0.2) is 82.6 Å². The number of nitrogens with zero attached hydrogens (tertiary/aromatic N) is 4. The molecule has 36 heavy (non-hydrogen) atoms. The van der Waals surface area contributed by atoms with Crippen molar-refractivity contribution in [2.75, 3.05) is 14.2 Å². The molecule has 4 aromatic rings. The van der Waals surface area contributed by atoms with Gasteiger partial charge in [0.2, 0.25) is 11.1 Å². The first kappa shape index (κ1) is 25.8. The van der Waals surface area contributed by atoms with Crippen LogP contribution in [0.4, 0.5) is 0 Å². The van der Waals surface area contributed by atoms with Crippen molar-refractivity contribution < 1.29 is 19.1 Å². The summed E-state index contributed by atoms with van der Waals surface area (Å²) in [5.41, 5.74) is 3.06. The van der Waals surface area contributed by atoms with E-state index in [0.717, 1.165) is 11.1 Å². The first-order chi connectivity index (χ1) is 17.2. The molecule has 0 spiro atoms. The summed E-state index contributed by atoms with van der Waals surface area (Å²) in [6.45, 7) is 0. The van der Waals surface area contributed by atoms with E-state index < -0.39 is 11.9 Å². The van der Waals surface area contributed by atoms with Crippen LogP contribution >= 0.6 is 0 Å². The maximum Gasteiger partial charge on any atom is 0.356 e. The summed E-state index contributed by atoms with van der Waals surface area (Å²) in [6, 6.07) is 16.4. The Morgan fingerprint density at radius 2 is 1.03 bits per heavy atom. The Labute approximate surface area is 206 Å². The van der Waals surface area contributed by atoms with E-state index in [9.17, 15) is 19.2 Å². The van der Waals surface area contributed by atoms with Crippen LogP contribution < -0.4 is 11.1 Å². The van der Waals surface area contributed by atoms with E-state index in [0.29, 0.717) is 11.4 Å². The van der Waals surface area contributed by atoms with Gasteiger partial charge in [0, 0.05) is 49.7 Å². The molecule has 10 heteroatoms. The lowest BCUT2D eigenvalue weighted by Crippen LogP contribution is -2.14. The minimum absolute atomic E-state index is 0.0946. The molecule has 4 rings (SSSR count). The zero-order valence-electron chi connectivity index (χ0n) is 20.2. The van der Waals surface area contributed by atoms with E-state index in [4.69, 9.17) is 0 Å². The molecule has 0 amide bonds. The summed E-state index contributed by atoms with van der Waals surface area (Å²) < 4.78 is 12.1. The Morgan fingerprint density at radius 3 is 1.36 bits per heavy atom. The van der Waals surface area contributed by atoms with Crippen LogP contribution in [0, 0.1) is 0 Å². The lowest BCUT2D eigenvalue weighted by molar-refractivity contribution is 0.0585. The number of carbonyl (C=O) groups excluding carboxylic acids is 2. The maximum absolute atomic E-state index is 11.4. The highest BCUT2D eigenvalue weighted by atomic mass is 16.5. The number of hydrogen-bond donors (Lipinski definition) is 0. The summed E-state index contributed by atoms with van der Waals surface area (Å²) in [7, 11) is 5.94. The zero-order valence-corrected chi connectivity index (χ0v) is 20.2. The molecule has 0 fully saturated rings. The van der Waals surface area contributed by atoms with Gasteiger partial charge in [-0.05, 0) is 36.4 Å². The Bertz CT molecular complexity index is 1410. The summed E-state index contributed by atoms with van der Waals surface area (Å²) in [5.74, 6) is -0.969. The molecule has 184 valence electrons. The lowest BCUT2D eigenvalue weighted by atomic mass is 10.2. The summed E-state index contributed by atoms with van der Waals surface area (Å²) in [6.07, 6.45) is 3.34. The van der Waals surface area contributed by atoms with Crippen LogP contribution in [0.25, 0.3) is 22.5 Å². The minimum Gasteiger partial charge on any atom is -0.464 e. The highest BCUT2D eigenvalue weighted by Crippen LogP contribution is 2.16. The predicted octanol–water partition coefficient (Wildman–Crippen LogP) is 2.47. The number of carbonyl (C=O) groups is 2. The minimum atomic E-state index is -0.485. The third kappa shape index (κ3) is 6.17. The molecular formula is C26H24N4O6. The Hall–Kier alpha value is -4.86. The quantitative estimate of drug-likeness (QED) is 0.402. The number of aryl methyl sites for hydroxylation is 2. The number of methoxy groups -OCH3 is 2. The SMILES string of the molecule is COC(=O)c1cccc(-c2ccc(=O)n(C)c2)n1.COC(=O)c1cccc(-c2ccc(=O)n(C)c2)n1. The van der Waals surface area contributed by atoms with E-state index in [2.05, 4.69) is 19.4 Å². The fourth-order valence-electron chi connectivity index (χ4n) is 3.12. The number of esters is 2. The summed E-state index contributed by atoms with van der Waals surface area (Å²) in [4.78, 5) is 53.7. The molecule has 0 aliphatic carbocycles. The van der Waals surface area contributed by atoms with E-state index in [1.165, 1.54) is 35.5 Å². The largest absolute Gasteiger partial charge is 0.464 e. The van der Waals surface area contributed by atoms with Crippen molar-refractivity contribution in [3.05, 3.63) is 105 Å². The van der Waals surface area contributed by atoms with Crippen molar-refractivity contribution in [3.8, 4) is 22.5 Å². The number of aromatic nitrogens is 4. The first-order valence-corrected chi connectivity index (χ1v) is 10.7. The third-order valence-corrected chi connectivity index (χ3v) is 5.05. The van der Waals surface area contributed by atoms with E-state index >= 15 is 0 Å². The van der Waals surface area contributed by atoms with Crippen LogP contribution in [-0.4, -0.2) is 45.3 Å². The summed E-state index contributed by atoms with van der Waals surface area (Å²) in [5, 5.41) is 0. The molecule has 0 atom stereocenters. The van der Waals surface area contributed by atoms with Crippen LogP contribution in [-0.2, 0) is 23.6 Å². The van der Waals surface area contributed by atoms with Crippen LogP contribution in [0.1, 0.15) is 21.0 Å². The monoisotopic (exact) mass is 488 g/mol.